The van der Waals surface area contributed by atoms with Gasteiger partial charge in [0.05, 0.1) is 12.9 Å². The van der Waals surface area contributed by atoms with Crippen LogP contribution in [0.3, 0.4) is 0 Å². The lowest BCUT2D eigenvalue weighted by Gasteiger charge is -2.28. The van der Waals surface area contributed by atoms with E-state index in [0.29, 0.717) is 0 Å². The average molecular weight is 577 g/mol. The standard InChI is InChI=1S/C23H35F2N6O7P/c1-5-35-17-15-16(28-21(26)29-17)31(12-27-15)20-22(3,24)19(33)23(25,38-20)11-36-39(4,34)30-13(2)18(32)37-14-9-7-6-8-10-14/h12-14,19-20,33H,5-11H2,1-4H3,(H,30,34)(H2,26,28,29)/t13-,19-,20+,22+,23+,39?/m0/s1. The van der Waals surface area contributed by atoms with E-state index < -0.39 is 50.0 Å². The van der Waals surface area contributed by atoms with E-state index in [9.17, 15) is 14.5 Å². The molecule has 1 saturated carbocycles. The van der Waals surface area contributed by atoms with Gasteiger partial charge in [-0.05, 0) is 46.5 Å². The van der Waals surface area contributed by atoms with Crippen LogP contribution in [0.2, 0.25) is 0 Å². The first-order valence-corrected chi connectivity index (χ1v) is 14.9. The Labute approximate surface area is 224 Å². The van der Waals surface area contributed by atoms with Crippen molar-refractivity contribution in [2.75, 3.05) is 25.6 Å². The number of nitrogens with two attached hydrogens (primary N) is 1. The van der Waals surface area contributed by atoms with Crippen molar-refractivity contribution < 1.29 is 42.0 Å². The van der Waals surface area contributed by atoms with Crippen molar-refractivity contribution in [3.8, 4) is 5.88 Å². The van der Waals surface area contributed by atoms with Gasteiger partial charge in [0.25, 0.3) is 13.4 Å². The number of hydrogen-bond donors (Lipinski definition) is 3. The summed E-state index contributed by atoms with van der Waals surface area (Å²) in [6.07, 6.45) is 1.36. The van der Waals surface area contributed by atoms with Gasteiger partial charge in [-0.2, -0.15) is 9.97 Å². The Hall–Kier alpha value is -2.45. The lowest BCUT2D eigenvalue weighted by Crippen LogP contribution is -2.47. The van der Waals surface area contributed by atoms with Crippen LogP contribution in [0.4, 0.5) is 14.7 Å². The van der Waals surface area contributed by atoms with Crippen LogP contribution in [0.5, 0.6) is 5.88 Å². The predicted molar refractivity (Wildman–Crippen MR) is 135 cm³/mol. The van der Waals surface area contributed by atoms with Crippen LogP contribution in [0, 0.1) is 0 Å². The molecule has 0 aromatic carbocycles. The Morgan fingerprint density at radius 3 is 2.72 bits per heavy atom. The third-order valence-electron chi connectivity index (χ3n) is 6.80. The number of aliphatic hydroxyl groups excluding tert-OH is 1. The Morgan fingerprint density at radius 1 is 1.36 bits per heavy atom. The van der Waals surface area contributed by atoms with E-state index in [0.717, 1.165) is 56.6 Å². The number of aromatic nitrogens is 4. The molecule has 4 rings (SSSR count). The Morgan fingerprint density at radius 2 is 2.05 bits per heavy atom. The van der Waals surface area contributed by atoms with E-state index in [-0.39, 0.29) is 35.7 Å². The first-order chi connectivity index (χ1) is 18.3. The van der Waals surface area contributed by atoms with Gasteiger partial charge < -0.3 is 29.6 Å². The molecule has 0 amide bonds. The van der Waals surface area contributed by atoms with Crippen LogP contribution < -0.4 is 15.6 Å². The highest BCUT2D eigenvalue weighted by Gasteiger charge is 2.65. The number of rotatable bonds is 10. The molecule has 218 valence electrons. The van der Waals surface area contributed by atoms with Gasteiger partial charge in [-0.15, -0.1) is 0 Å². The van der Waals surface area contributed by atoms with Gasteiger partial charge in [0, 0.05) is 6.66 Å². The van der Waals surface area contributed by atoms with Gasteiger partial charge in [0.1, 0.15) is 18.8 Å². The second-order valence-electron chi connectivity index (χ2n) is 10.1. The van der Waals surface area contributed by atoms with Gasteiger partial charge in [-0.25, -0.2) is 18.9 Å². The van der Waals surface area contributed by atoms with Crippen LogP contribution in [-0.2, 0) is 23.4 Å². The van der Waals surface area contributed by atoms with Crippen molar-refractivity contribution in [2.45, 2.75) is 88.9 Å². The van der Waals surface area contributed by atoms with Crippen molar-refractivity contribution in [3.05, 3.63) is 6.33 Å². The minimum absolute atomic E-state index is 0.00896. The quantitative estimate of drug-likeness (QED) is 0.279. The maximum atomic E-state index is 15.9. The van der Waals surface area contributed by atoms with Gasteiger partial charge >= 0.3 is 5.97 Å². The number of imidazole rings is 1. The molecule has 4 N–H and O–H groups in total. The number of carbonyl (C=O) groups excluding carboxylic acids is 1. The molecular formula is C23H35F2N6O7P. The van der Waals surface area contributed by atoms with E-state index in [1.165, 1.54) is 6.92 Å². The highest BCUT2D eigenvalue weighted by Crippen LogP contribution is 2.50. The number of carbonyl (C=O) groups is 1. The first kappa shape index (κ1) is 29.5. The molecule has 0 spiro atoms. The number of nitrogen functional groups attached to an aromatic ring is 1. The topological polar surface area (TPSA) is 173 Å². The molecule has 1 unspecified atom stereocenters. The molecule has 39 heavy (non-hydrogen) atoms. The van der Waals surface area contributed by atoms with Crippen molar-refractivity contribution in [2.24, 2.45) is 0 Å². The third-order valence-corrected chi connectivity index (χ3v) is 8.28. The van der Waals surface area contributed by atoms with Crippen molar-refractivity contribution in [1.82, 2.24) is 24.6 Å². The molecule has 2 aromatic rings. The van der Waals surface area contributed by atoms with E-state index in [1.54, 1.807) is 6.92 Å². The Bertz CT molecular complexity index is 1240. The van der Waals surface area contributed by atoms with Crippen molar-refractivity contribution in [1.29, 1.82) is 0 Å². The zero-order chi connectivity index (χ0) is 28.6. The summed E-state index contributed by atoms with van der Waals surface area (Å²) in [7, 11) is -3.84. The second kappa shape index (κ2) is 11.2. The zero-order valence-corrected chi connectivity index (χ0v) is 23.2. The summed E-state index contributed by atoms with van der Waals surface area (Å²) in [5.41, 5.74) is 3.16. The number of esters is 1. The number of hydrogen-bond acceptors (Lipinski definition) is 11. The predicted octanol–water partition coefficient (Wildman–Crippen LogP) is 2.78. The summed E-state index contributed by atoms with van der Waals surface area (Å²) in [6, 6.07) is -1.02. The lowest BCUT2D eigenvalue weighted by molar-refractivity contribution is -0.202. The fourth-order valence-corrected chi connectivity index (χ4v) is 6.09. The summed E-state index contributed by atoms with van der Waals surface area (Å²) >= 11 is 0. The fraction of sp³-hybridized carbons (Fsp3) is 0.739. The van der Waals surface area contributed by atoms with E-state index in [1.807, 2.05) is 0 Å². The van der Waals surface area contributed by atoms with Crippen LogP contribution in [-0.4, -0.2) is 80.2 Å². The van der Waals surface area contributed by atoms with E-state index in [2.05, 4.69) is 20.0 Å². The number of aliphatic hydroxyl groups is 1. The lowest BCUT2D eigenvalue weighted by atomic mass is 9.97. The molecule has 2 fully saturated rings. The monoisotopic (exact) mass is 576 g/mol. The number of fused-ring (bicyclic) bond motifs is 1. The minimum Gasteiger partial charge on any atom is -0.476 e. The number of anilines is 1. The largest absolute Gasteiger partial charge is 0.476 e. The molecule has 16 heteroatoms. The van der Waals surface area contributed by atoms with E-state index >= 15 is 8.78 Å². The molecule has 1 aliphatic heterocycles. The summed E-state index contributed by atoms with van der Waals surface area (Å²) in [5.74, 6) is -3.89. The Balaban J connectivity index is 1.46. The van der Waals surface area contributed by atoms with Crippen LogP contribution in [0.1, 0.15) is 59.1 Å². The second-order valence-corrected chi connectivity index (χ2v) is 12.3. The van der Waals surface area contributed by atoms with Crippen molar-refractivity contribution >= 4 is 30.6 Å². The molecule has 3 heterocycles. The fourth-order valence-electron chi connectivity index (χ4n) is 4.78. The smallest absolute Gasteiger partial charge is 0.323 e. The Kier molecular flexibility index (Phi) is 8.48. The SMILES string of the molecule is CCOc1nc(N)nc2c1ncn2[C@@H]1O[C@](F)(COP(C)(=O)N[C@@H](C)C(=O)OC2CCCCC2)[C@@H](O)[C@@]1(C)F. The summed E-state index contributed by atoms with van der Waals surface area (Å²) in [5, 5.41) is 13.1. The van der Waals surface area contributed by atoms with Gasteiger partial charge in [0.15, 0.2) is 29.2 Å². The van der Waals surface area contributed by atoms with Gasteiger partial charge in [0.2, 0.25) is 11.8 Å². The van der Waals surface area contributed by atoms with Gasteiger partial charge in [-0.1, -0.05) is 6.42 Å². The molecule has 6 atom stereocenters. The van der Waals surface area contributed by atoms with E-state index in [4.69, 9.17) is 24.5 Å². The molecule has 0 bridgehead atoms. The minimum atomic E-state index is -3.84. The van der Waals surface area contributed by atoms with Crippen molar-refractivity contribution in [3.63, 3.8) is 0 Å². The molecule has 2 aromatic heterocycles. The summed E-state index contributed by atoms with van der Waals surface area (Å²) in [4.78, 5) is 24.5. The van der Waals surface area contributed by atoms with Crippen LogP contribution in [0.25, 0.3) is 11.2 Å². The zero-order valence-electron chi connectivity index (χ0n) is 22.3. The molecule has 13 nitrogen and oxygen atoms in total. The maximum Gasteiger partial charge on any atom is 0.323 e. The molecular weight excluding hydrogens is 541 g/mol. The number of alkyl halides is 2. The van der Waals surface area contributed by atoms with Crippen LogP contribution >= 0.6 is 7.52 Å². The first-order valence-electron chi connectivity index (χ1n) is 12.8. The maximum absolute atomic E-state index is 15.9. The normalized spacial score (nSPS) is 30.2. The summed E-state index contributed by atoms with van der Waals surface area (Å²) < 4.78 is 67.2. The number of nitrogens with one attached hydrogen (secondary N) is 1. The summed E-state index contributed by atoms with van der Waals surface area (Å²) in [6.45, 7) is 4.37. The van der Waals surface area contributed by atoms with Crippen LogP contribution in [0.15, 0.2) is 6.33 Å². The molecule has 1 aliphatic carbocycles. The van der Waals surface area contributed by atoms with Gasteiger partial charge in [-0.3, -0.25) is 13.9 Å². The number of nitrogens with zero attached hydrogens (tertiary/aromatic N) is 4. The highest BCUT2D eigenvalue weighted by atomic mass is 31.2. The third kappa shape index (κ3) is 6.17. The average Bonchev–Trinajstić information content (AvgIpc) is 3.36. The molecule has 1 saturated heterocycles. The molecule has 0 radical (unpaired) electrons. The highest BCUT2D eigenvalue weighted by molar-refractivity contribution is 7.56. The molecule has 2 aliphatic rings. The number of ether oxygens (including phenoxy) is 3. The number of halogens is 2.